The molecule has 0 unspecified atom stereocenters. The van der Waals surface area contributed by atoms with Crippen LogP contribution in [0, 0.1) is 13.8 Å². The van der Waals surface area contributed by atoms with Gasteiger partial charge in [0.25, 0.3) is 5.66 Å². The summed E-state index contributed by atoms with van der Waals surface area (Å²) in [6.07, 6.45) is 3.99. The molecule has 0 saturated heterocycles. The van der Waals surface area contributed by atoms with Gasteiger partial charge >= 0.3 is 0 Å². The summed E-state index contributed by atoms with van der Waals surface area (Å²) >= 11 is 0. The van der Waals surface area contributed by atoms with Crippen LogP contribution in [0.25, 0.3) is 21.8 Å². The first kappa shape index (κ1) is 29.1. The molecule has 39 heavy (non-hydrogen) atoms. The van der Waals surface area contributed by atoms with Crippen molar-refractivity contribution in [1.82, 2.24) is 9.97 Å². The summed E-state index contributed by atoms with van der Waals surface area (Å²) in [5.41, 5.74) is 4.55. The average Bonchev–Trinajstić information content (AvgIpc) is 2.88. The summed E-state index contributed by atoms with van der Waals surface area (Å²) in [4.78, 5) is 9.66. The fourth-order valence-corrected chi connectivity index (χ4v) is 5.22. The number of rotatable bonds is 12. The Bertz CT molecular complexity index is 1520. The van der Waals surface area contributed by atoms with Gasteiger partial charge in [0.05, 0.1) is 29.9 Å². The summed E-state index contributed by atoms with van der Waals surface area (Å²) in [6, 6.07) is 14.6. The number of halogens is 2. The molecule has 0 fully saturated rings. The van der Waals surface area contributed by atoms with Crippen LogP contribution in [0.3, 0.4) is 0 Å². The van der Waals surface area contributed by atoms with Crippen molar-refractivity contribution in [3.8, 4) is 5.75 Å². The molecule has 4 aromatic rings. The molecule has 2 heterocycles. The highest BCUT2D eigenvalue weighted by Crippen LogP contribution is 2.55. The minimum atomic E-state index is -3.48. The number of aromatic nitrogens is 2. The molecular weight excluding hydrogens is 517 g/mol. The van der Waals surface area contributed by atoms with E-state index in [0.717, 1.165) is 65.7 Å². The van der Waals surface area contributed by atoms with Crippen LogP contribution in [0.15, 0.2) is 48.7 Å². The highest BCUT2D eigenvalue weighted by atomic mass is 31.2. The predicted molar refractivity (Wildman–Crippen MR) is 155 cm³/mol. The van der Waals surface area contributed by atoms with Gasteiger partial charge in [-0.1, -0.05) is 25.1 Å². The molecule has 0 aliphatic carbocycles. The molecule has 0 saturated carbocycles. The number of hydrogen-bond acceptors (Lipinski definition) is 5. The Balaban J connectivity index is 1.34. The Kier molecular flexibility index (Phi) is 9.03. The first-order chi connectivity index (χ1) is 18.5. The lowest BCUT2D eigenvalue weighted by Crippen LogP contribution is -2.19. The lowest BCUT2D eigenvalue weighted by molar-refractivity contribution is 0.0264. The van der Waals surface area contributed by atoms with Gasteiger partial charge in [-0.05, 0) is 93.0 Å². The molecule has 0 bridgehead atoms. The maximum Gasteiger partial charge on any atom is 0.299 e. The van der Waals surface area contributed by atoms with Gasteiger partial charge in [-0.25, -0.2) is 0 Å². The Morgan fingerprint density at radius 3 is 2.46 bits per heavy atom. The van der Waals surface area contributed by atoms with E-state index >= 15 is 0 Å². The molecule has 2 aromatic carbocycles. The number of aryl methyl sites for hydroxylation is 5. The van der Waals surface area contributed by atoms with E-state index < -0.39 is 19.2 Å². The molecule has 0 N–H and O–H groups in total. The van der Waals surface area contributed by atoms with E-state index in [4.69, 9.17) is 19.4 Å². The average molecular weight is 555 g/mol. The number of hydrogen-bond donors (Lipinski definition) is 0. The minimum absolute atomic E-state index is 0.157. The quantitative estimate of drug-likeness (QED) is 0.102. The Labute approximate surface area is 229 Å². The number of benzene rings is 2. The van der Waals surface area contributed by atoms with Crippen LogP contribution in [0.5, 0.6) is 5.75 Å². The van der Waals surface area contributed by atoms with Crippen LogP contribution in [-0.4, -0.2) is 48.8 Å². The molecule has 2 aromatic heterocycles. The van der Waals surface area contributed by atoms with Crippen molar-refractivity contribution in [2.24, 2.45) is 0 Å². The van der Waals surface area contributed by atoms with E-state index in [1.54, 1.807) is 0 Å². The zero-order valence-electron chi connectivity index (χ0n) is 23.4. The molecule has 208 valence electrons. The third-order valence-electron chi connectivity index (χ3n) is 7.08. The maximum absolute atomic E-state index is 13.8. The number of alkyl halides is 2. The van der Waals surface area contributed by atoms with Gasteiger partial charge in [0, 0.05) is 23.4 Å². The highest BCUT2D eigenvalue weighted by Gasteiger charge is 2.41. The maximum atomic E-state index is 13.8. The third-order valence-corrected chi connectivity index (χ3v) is 8.88. The summed E-state index contributed by atoms with van der Waals surface area (Å²) in [5, 5.41) is 2.28. The molecule has 4 rings (SSSR count). The van der Waals surface area contributed by atoms with Gasteiger partial charge in [0.1, 0.15) is 19.5 Å². The molecule has 5 nitrogen and oxygen atoms in total. The third kappa shape index (κ3) is 7.01. The standard InChI is InChI=1S/C31H37F2N2O3P/c1-6-28-30-27(26-12-7-21(2)17-29(26)35-28)19-23(20-34-30)8-9-24-10-11-25(18-22(24)3)38-16-15-37-14-13-31(32,33)39(4,5)36/h7,10-12,17-20H,6,8-9,13-16H2,1-5H3. The number of ether oxygens (including phenoxy) is 2. The zero-order valence-corrected chi connectivity index (χ0v) is 24.3. The van der Waals surface area contributed by atoms with Crippen LogP contribution in [0.2, 0.25) is 0 Å². The summed E-state index contributed by atoms with van der Waals surface area (Å²) in [6.45, 7) is 8.74. The van der Waals surface area contributed by atoms with Crippen LogP contribution in [0.4, 0.5) is 8.78 Å². The van der Waals surface area contributed by atoms with Gasteiger partial charge < -0.3 is 14.0 Å². The van der Waals surface area contributed by atoms with E-state index in [0.29, 0.717) is 5.75 Å². The summed E-state index contributed by atoms with van der Waals surface area (Å²) in [5.74, 6) is 0.713. The normalized spacial score (nSPS) is 12.4. The monoisotopic (exact) mass is 554 g/mol. The molecule has 0 aliphatic heterocycles. The predicted octanol–water partition coefficient (Wildman–Crippen LogP) is 7.75. The van der Waals surface area contributed by atoms with Crippen molar-refractivity contribution in [3.63, 3.8) is 0 Å². The number of fused-ring (bicyclic) bond motifs is 3. The van der Waals surface area contributed by atoms with Crippen molar-refractivity contribution in [2.75, 3.05) is 33.2 Å². The van der Waals surface area contributed by atoms with Crippen molar-refractivity contribution in [3.05, 3.63) is 76.6 Å². The fourth-order valence-electron chi connectivity index (χ4n) is 4.59. The Morgan fingerprint density at radius 1 is 0.949 bits per heavy atom. The number of pyridine rings is 2. The molecule has 0 aliphatic rings. The fraction of sp³-hybridized carbons (Fsp3) is 0.419. The van der Waals surface area contributed by atoms with E-state index in [2.05, 4.69) is 51.1 Å². The van der Waals surface area contributed by atoms with Crippen molar-refractivity contribution in [1.29, 1.82) is 0 Å². The molecular formula is C31H37F2N2O3P. The van der Waals surface area contributed by atoms with Crippen LogP contribution >= 0.6 is 7.14 Å². The summed E-state index contributed by atoms with van der Waals surface area (Å²) < 4.78 is 50.1. The van der Waals surface area contributed by atoms with E-state index in [9.17, 15) is 13.3 Å². The molecule has 0 radical (unpaired) electrons. The zero-order chi connectivity index (χ0) is 28.2. The second-order valence-electron chi connectivity index (χ2n) is 10.5. The lowest BCUT2D eigenvalue weighted by atomic mass is 9.99. The van der Waals surface area contributed by atoms with Gasteiger partial charge in [-0.3, -0.25) is 9.97 Å². The topological polar surface area (TPSA) is 61.3 Å². The van der Waals surface area contributed by atoms with Crippen LogP contribution in [-0.2, 0) is 28.6 Å². The second-order valence-corrected chi connectivity index (χ2v) is 13.8. The number of nitrogens with zero attached hydrogens (tertiary/aromatic N) is 2. The van der Waals surface area contributed by atoms with Gasteiger partial charge in [-0.15, -0.1) is 0 Å². The van der Waals surface area contributed by atoms with E-state index in [-0.39, 0.29) is 19.8 Å². The first-order valence-electron chi connectivity index (χ1n) is 13.4. The second kappa shape index (κ2) is 12.1. The molecule has 0 atom stereocenters. The lowest BCUT2D eigenvalue weighted by Gasteiger charge is -2.20. The SMILES string of the molecule is CCc1nc2cc(C)ccc2c2cc(CCc3ccc(OCCOCCC(F)(F)P(C)(C)=O)cc3C)cnc12. The minimum Gasteiger partial charge on any atom is -0.491 e. The smallest absolute Gasteiger partial charge is 0.299 e. The summed E-state index contributed by atoms with van der Waals surface area (Å²) in [7, 11) is -3.48. The van der Waals surface area contributed by atoms with Crippen molar-refractivity contribution < 1.29 is 22.8 Å². The Morgan fingerprint density at radius 2 is 1.74 bits per heavy atom. The van der Waals surface area contributed by atoms with E-state index in [1.165, 1.54) is 16.7 Å². The van der Waals surface area contributed by atoms with Gasteiger partial charge in [0.15, 0.2) is 0 Å². The first-order valence-corrected chi connectivity index (χ1v) is 16.0. The van der Waals surface area contributed by atoms with E-state index in [1.807, 2.05) is 18.3 Å². The van der Waals surface area contributed by atoms with Crippen molar-refractivity contribution in [2.45, 2.75) is 52.1 Å². The molecule has 0 spiro atoms. The largest absolute Gasteiger partial charge is 0.491 e. The Hall–Kier alpha value is -2.89. The van der Waals surface area contributed by atoms with Crippen LogP contribution in [0.1, 0.15) is 41.3 Å². The van der Waals surface area contributed by atoms with Gasteiger partial charge in [-0.2, -0.15) is 8.78 Å². The molecule has 0 amide bonds. The van der Waals surface area contributed by atoms with Gasteiger partial charge in [0.2, 0.25) is 0 Å². The highest BCUT2D eigenvalue weighted by molar-refractivity contribution is 7.63. The van der Waals surface area contributed by atoms with Crippen LogP contribution < -0.4 is 4.74 Å². The molecule has 8 heteroatoms. The van der Waals surface area contributed by atoms with Crippen molar-refractivity contribution >= 4 is 28.9 Å².